The summed E-state index contributed by atoms with van der Waals surface area (Å²) in [6.45, 7) is 3.77. The first-order chi connectivity index (χ1) is 11.2. The number of hydrogen-bond acceptors (Lipinski definition) is 7. The van der Waals surface area contributed by atoms with Crippen molar-refractivity contribution in [1.82, 2.24) is 25.1 Å². The summed E-state index contributed by atoms with van der Waals surface area (Å²) in [5, 5.41) is 9.83. The van der Waals surface area contributed by atoms with Crippen molar-refractivity contribution in [3.8, 4) is 11.4 Å². The lowest BCUT2D eigenvalue weighted by Gasteiger charge is -2.02. The fourth-order valence-corrected chi connectivity index (χ4v) is 2.14. The summed E-state index contributed by atoms with van der Waals surface area (Å²) in [6, 6.07) is 8.96. The van der Waals surface area contributed by atoms with E-state index in [0.717, 1.165) is 11.4 Å². The number of benzene rings is 1. The molecule has 2 heterocycles. The Balaban J connectivity index is 1.90. The molecule has 3 aromatic rings. The number of isocyanates is 1. The molecule has 0 aliphatic heterocycles. The molecule has 0 saturated heterocycles. The van der Waals surface area contributed by atoms with Crippen LogP contribution in [0.2, 0.25) is 0 Å². The van der Waals surface area contributed by atoms with E-state index in [-0.39, 0.29) is 0 Å². The van der Waals surface area contributed by atoms with Crippen LogP contribution in [0.25, 0.3) is 11.4 Å². The monoisotopic (exact) mass is 307 g/mol. The average Bonchev–Trinajstić information content (AvgIpc) is 2.95. The molecule has 114 valence electrons. The third kappa shape index (κ3) is 3.28. The van der Waals surface area contributed by atoms with Crippen LogP contribution in [0, 0.1) is 13.8 Å². The van der Waals surface area contributed by atoms with Gasteiger partial charge in [-0.05, 0) is 32.0 Å². The smallest absolute Gasteiger partial charge is 0.249 e. The number of nitrogens with one attached hydrogen (secondary N) is 2. The Kier molecular flexibility index (Phi) is 3.90. The zero-order chi connectivity index (χ0) is 16.2. The highest BCUT2D eigenvalue weighted by molar-refractivity contribution is 5.73. The van der Waals surface area contributed by atoms with Crippen molar-refractivity contribution >= 4 is 23.7 Å². The van der Waals surface area contributed by atoms with Crippen LogP contribution in [-0.2, 0) is 4.79 Å². The van der Waals surface area contributed by atoms with E-state index in [9.17, 15) is 4.79 Å². The number of rotatable bonds is 4. The SMILES string of the molecule is Cc1cc(C)nc(Nc2n[nH]c(-c3ccccc3N=C=O)n2)n1. The van der Waals surface area contributed by atoms with Gasteiger partial charge in [0.1, 0.15) is 0 Å². The van der Waals surface area contributed by atoms with E-state index in [1.54, 1.807) is 18.2 Å². The summed E-state index contributed by atoms with van der Waals surface area (Å²) in [5.74, 6) is 1.23. The molecule has 0 aliphatic rings. The molecule has 3 rings (SSSR count). The number of aliphatic imine (C=N–C) groups is 1. The highest BCUT2D eigenvalue weighted by Gasteiger charge is 2.10. The molecule has 2 N–H and O–H groups in total. The molecule has 8 nitrogen and oxygen atoms in total. The highest BCUT2D eigenvalue weighted by Crippen LogP contribution is 2.27. The maximum atomic E-state index is 10.5. The van der Waals surface area contributed by atoms with Crippen molar-refractivity contribution in [2.45, 2.75) is 13.8 Å². The average molecular weight is 307 g/mol. The molecule has 0 fully saturated rings. The Bertz CT molecular complexity index is 876. The van der Waals surface area contributed by atoms with Gasteiger partial charge in [0, 0.05) is 17.0 Å². The third-order valence-corrected chi connectivity index (χ3v) is 3.02. The number of aromatic nitrogens is 5. The number of nitrogens with zero attached hydrogens (tertiary/aromatic N) is 5. The molecule has 0 bridgehead atoms. The van der Waals surface area contributed by atoms with E-state index in [0.29, 0.717) is 29.0 Å². The van der Waals surface area contributed by atoms with Gasteiger partial charge in [-0.3, -0.25) is 10.4 Å². The number of aryl methyl sites for hydroxylation is 2. The van der Waals surface area contributed by atoms with Crippen LogP contribution in [0.5, 0.6) is 0 Å². The van der Waals surface area contributed by atoms with E-state index in [1.807, 2.05) is 26.0 Å². The van der Waals surface area contributed by atoms with E-state index in [4.69, 9.17) is 0 Å². The van der Waals surface area contributed by atoms with Crippen LogP contribution in [-0.4, -0.2) is 31.2 Å². The summed E-state index contributed by atoms with van der Waals surface area (Å²) < 4.78 is 0. The molecule has 0 unspecified atom stereocenters. The van der Waals surface area contributed by atoms with E-state index in [1.165, 1.54) is 6.08 Å². The van der Waals surface area contributed by atoms with Crippen LogP contribution in [0.1, 0.15) is 11.4 Å². The van der Waals surface area contributed by atoms with Gasteiger partial charge >= 0.3 is 0 Å². The van der Waals surface area contributed by atoms with Crippen molar-refractivity contribution < 1.29 is 4.79 Å². The van der Waals surface area contributed by atoms with Gasteiger partial charge in [0.05, 0.1) is 5.69 Å². The van der Waals surface area contributed by atoms with Gasteiger partial charge < -0.3 is 0 Å². The van der Waals surface area contributed by atoms with Crippen molar-refractivity contribution in [2.24, 2.45) is 4.99 Å². The molecule has 0 saturated carbocycles. The van der Waals surface area contributed by atoms with Crippen molar-refractivity contribution in [3.63, 3.8) is 0 Å². The molecule has 0 amide bonds. The molecule has 2 aromatic heterocycles. The normalized spacial score (nSPS) is 10.2. The van der Waals surface area contributed by atoms with Crippen LogP contribution < -0.4 is 5.32 Å². The lowest BCUT2D eigenvalue weighted by Crippen LogP contribution is -2.01. The van der Waals surface area contributed by atoms with Crippen LogP contribution in [0.4, 0.5) is 17.6 Å². The fourth-order valence-electron chi connectivity index (χ4n) is 2.14. The van der Waals surface area contributed by atoms with Crippen molar-refractivity contribution in [1.29, 1.82) is 0 Å². The second kappa shape index (κ2) is 6.17. The van der Waals surface area contributed by atoms with Crippen molar-refractivity contribution in [2.75, 3.05) is 5.32 Å². The topological polar surface area (TPSA) is 109 Å². The molecular weight excluding hydrogens is 294 g/mol. The zero-order valence-electron chi connectivity index (χ0n) is 12.5. The molecule has 1 aromatic carbocycles. The van der Waals surface area contributed by atoms with Crippen LogP contribution in [0.15, 0.2) is 35.3 Å². The number of hydrogen-bond donors (Lipinski definition) is 2. The summed E-state index contributed by atoms with van der Waals surface area (Å²) in [4.78, 5) is 27.0. The van der Waals surface area contributed by atoms with Crippen LogP contribution >= 0.6 is 0 Å². The first-order valence-electron chi connectivity index (χ1n) is 6.84. The van der Waals surface area contributed by atoms with Gasteiger partial charge in [-0.1, -0.05) is 12.1 Å². The van der Waals surface area contributed by atoms with Gasteiger partial charge in [-0.15, -0.1) is 5.10 Å². The number of carbonyl (C=O) groups excluding carboxylic acids is 1. The van der Waals surface area contributed by atoms with Crippen LogP contribution in [0.3, 0.4) is 0 Å². The first-order valence-corrected chi connectivity index (χ1v) is 6.84. The number of H-pyrrole nitrogens is 1. The molecule has 0 spiro atoms. The van der Waals surface area contributed by atoms with Gasteiger partial charge in [0.25, 0.3) is 0 Å². The number of anilines is 2. The standard InChI is InChI=1S/C15H13N7O/c1-9-7-10(2)18-14(17-9)20-15-19-13(21-22-15)11-5-3-4-6-12(11)16-8-23/h3-7H,1-2H3,(H2,17,18,19,20,21,22). The quantitative estimate of drug-likeness (QED) is 0.566. The Morgan fingerprint density at radius 2 is 1.83 bits per heavy atom. The zero-order valence-corrected chi connectivity index (χ0v) is 12.5. The van der Waals surface area contributed by atoms with Gasteiger partial charge in [0.15, 0.2) is 5.82 Å². The van der Waals surface area contributed by atoms with Crippen molar-refractivity contribution in [3.05, 3.63) is 41.7 Å². The largest absolute Gasteiger partial charge is 0.291 e. The minimum absolute atomic E-state index is 0.329. The van der Waals surface area contributed by atoms with E-state index >= 15 is 0 Å². The number of para-hydroxylation sites is 1. The molecular formula is C15H13N7O. The third-order valence-electron chi connectivity index (χ3n) is 3.02. The van der Waals surface area contributed by atoms with E-state index in [2.05, 4.69) is 35.5 Å². The summed E-state index contributed by atoms with van der Waals surface area (Å²) in [7, 11) is 0. The van der Waals surface area contributed by atoms with E-state index < -0.39 is 0 Å². The number of aromatic amines is 1. The molecule has 0 radical (unpaired) electrons. The Morgan fingerprint density at radius 1 is 1.09 bits per heavy atom. The predicted octanol–water partition coefficient (Wildman–Crippen LogP) is 2.59. The summed E-state index contributed by atoms with van der Waals surface area (Å²) in [6.07, 6.45) is 1.53. The first kappa shape index (κ1) is 14.6. The molecule has 23 heavy (non-hydrogen) atoms. The predicted molar refractivity (Wildman–Crippen MR) is 84.4 cm³/mol. The minimum atomic E-state index is 0.329. The lowest BCUT2D eigenvalue weighted by molar-refractivity contribution is 0.565. The maximum Gasteiger partial charge on any atom is 0.249 e. The lowest BCUT2D eigenvalue weighted by atomic mass is 10.2. The highest BCUT2D eigenvalue weighted by atomic mass is 16.1. The maximum absolute atomic E-state index is 10.5. The van der Waals surface area contributed by atoms with Gasteiger partial charge in [-0.25, -0.2) is 14.8 Å². The second-order valence-corrected chi connectivity index (χ2v) is 4.83. The fraction of sp³-hybridized carbons (Fsp3) is 0.133. The Labute approximate surface area is 131 Å². The summed E-state index contributed by atoms with van der Waals surface area (Å²) in [5.41, 5.74) is 2.81. The molecule has 0 aliphatic carbocycles. The van der Waals surface area contributed by atoms with Gasteiger partial charge in [-0.2, -0.15) is 9.98 Å². The minimum Gasteiger partial charge on any atom is -0.291 e. The molecule has 0 atom stereocenters. The Hall–Kier alpha value is -3.38. The molecule has 8 heteroatoms. The van der Waals surface area contributed by atoms with Gasteiger partial charge in [0.2, 0.25) is 18.0 Å². The second-order valence-electron chi connectivity index (χ2n) is 4.83. The summed E-state index contributed by atoms with van der Waals surface area (Å²) >= 11 is 0. The Morgan fingerprint density at radius 3 is 2.57 bits per heavy atom.